The van der Waals surface area contributed by atoms with E-state index in [0.717, 1.165) is 5.69 Å². The zero-order valence-electron chi connectivity index (χ0n) is 32.1. The Morgan fingerprint density at radius 2 is 0.932 bits per heavy atom. The smallest absolute Gasteiger partial charge is 0.0746 e. The Morgan fingerprint density at radius 3 is 1.66 bits per heavy atom. The number of rotatable bonds is 4. The maximum Gasteiger partial charge on any atom is 0.0746 e. The van der Waals surface area contributed by atoms with Crippen molar-refractivity contribution in [1.82, 2.24) is 0 Å². The molecule has 2 aliphatic carbocycles. The molecule has 2 heteroatoms. The summed E-state index contributed by atoms with van der Waals surface area (Å²) < 4.78 is 2.59. The lowest BCUT2D eigenvalue weighted by molar-refractivity contribution is 0.793. The van der Waals surface area contributed by atoms with Crippen LogP contribution < -0.4 is 4.90 Å². The van der Waals surface area contributed by atoms with Crippen LogP contribution in [0.3, 0.4) is 0 Å². The van der Waals surface area contributed by atoms with Crippen LogP contribution in [0.5, 0.6) is 0 Å². The molecule has 11 aromatic rings. The van der Waals surface area contributed by atoms with E-state index in [-0.39, 0.29) is 0 Å². The van der Waals surface area contributed by atoms with E-state index < -0.39 is 5.41 Å². The maximum absolute atomic E-state index is 2.59. The van der Waals surface area contributed by atoms with Crippen LogP contribution in [0.25, 0.3) is 75.1 Å². The van der Waals surface area contributed by atoms with E-state index in [0.29, 0.717) is 0 Å². The molecule has 2 aliphatic rings. The molecule has 1 aromatic heterocycles. The zero-order valence-corrected chi connectivity index (χ0v) is 32.9. The van der Waals surface area contributed by atoms with Gasteiger partial charge in [0, 0.05) is 26.7 Å². The number of fused-ring (bicyclic) bond motifs is 16. The molecule has 1 spiro atoms. The predicted octanol–water partition coefficient (Wildman–Crippen LogP) is 15.8. The number of thiophene rings is 1. The molecule has 0 aliphatic heterocycles. The highest BCUT2D eigenvalue weighted by Gasteiger charge is 2.53. The van der Waals surface area contributed by atoms with Crippen LogP contribution in [0.15, 0.2) is 212 Å². The molecule has 0 unspecified atom stereocenters. The van der Waals surface area contributed by atoms with Gasteiger partial charge in [-0.25, -0.2) is 0 Å². The Bertz CT molecular complexity index is 3450. The van der Waals surface area contributed by atoms with Gasteiger partial charge < -0.3 is 4.90 Å². The van der Waals surface area contributed by atoms with Gasteiger partial charge in [-0.05, 0) is 108 Å². The van der Waals surface area contributed by atoms with Crippen LogP contribution in [-0.4, -0.2) is 0 Å². The number of hydrogen-bond acceptors (Lipinski definition) is 2. The summed E-state index contributed by atoms with van der Waals surface area (Å²) in [6.07, 6.45) is 0. The first-order valence-electron chi connectivity index (χ1n) is 20.4. The lowest BCUT2D eigenvalue weighted by Crippen LogP contribution is -2.28. The van der Waals surface area contributed by atoms with Gasteiger partial charge >= 0.3 is 0 Å². The fourth-order valence-electron chi connectivity index (χ4n) is 10.6. The summed E-state index contributed by atoms with van der Waals surface area (Å²) in [5, 5.41) is 7.65. The SMILES string of the molecule is c1ccc2c(c1)-c1ccccc1C21c2ccccc2-c2cccc(N(c3ccc(-c4ccc5ccccc5c4)cc3)c3cc4ccccc4c4c3sc3ccccc34)c21. The summed E-state index contributed by atoms with van der Waals surface area (Å²) in [5.41, 5.74) is 16.0. The van der Waals surface area contributed by atoms with Crippen LogP contribution >= 0.6 is 11.3 Å². The van der Waals surface area contributed by atoms with Crippen molar-refractivity contribution >= 4 is 70.1 Å². The molecule has 13 rings (SSSR count). The van der Waals surface area contributed by atoms with Crippen molar-refractivity contribution in [2.24, 2.45) is 0 Å². The molecule has 10 aromatic carbocycles. The lowest BCUT2D eigenvalue weighted by atomic mass is 9.70. The molecule has 1 nitrogen and oxygen atoms in total. The number of anilines is 3. The zero-order chi connectivity index (χ0) is 38.7. The standard InChI is InChI=1S/C57H35NS/c1-2-15-38-34-39(29-28-36(38)14-1)37-30-32-41(33-31-37)58(52-35-40-16-3-4-17-42(40)54-47-21-8-12-27-53(47)59-56(52)54)51-26-13-22-46-45-20-7-11-25-50(45)57(55(46)51)48-23-9-5-18-43(48)44-19-6-10-24-49(44)57/h1-35H. The molecule has 0 amide bonds. The van der Waals surface area contributed by atoms with Crippen molar-refractivity contribution in [2.75, 3.05) is 4.90 Å². The topological polar surface area (TPSA) is 3.24 Å². The van der Waals surface area contributed by atoms with E-state index in [4.69, 9.17) is 0 Å². The summed E-state index contributed by atoms with van der Waals surface area (Å²) in [6.45, 7) is 0. The maximum atomic E-state index is 2.59. The Balaban J connectivity index is 1.14. The highest BCUT2D eigenvalue weighted by molar-refractivity contribution is 7.26. The van der Waals surface area contributed by atoms with E-state index in [1.54, 1.807) is 0 Å². The van der Waals surface area contributed by atoms with Gasteiger partial charge in [0.25, 0.3) is 0 Å². The van der Waals surface area contributed by atoms with Gasteiger partial charge in [0.05, 0.1) is 21.5 Å². The molecule has 274 valence electrons. The van der Waals surface area contributed by atoms with E-state index >= 15 is 0 Å². The van der Waals surface area contributed by atoms with Crippen LogP contribution in [0.4, 0.5) is 17.1 Å². The normalized spacial score (nSPS) is 13.2. The Kier molecular flexibility index (Phi) is 6.87. The minimum Gasteiger partial charge on any atom is -0.309 e. The van der Waals surface area contributed by atoms with Crippen molar-refractivity contribution in [2.45, 2.75) is 5.41 Å². The lowest BCUT2D eigenvalue weighted by Gasteiger charge is -2.36. The van der Waals surface area contributed by atoms with Crippen molar-refractivity contribution in [1.29, 1.82) is 0 Å². The van der Waals surface area contributed by atoms with E-state index in [1.165, 1.54) is 109 Å². The summed E-state index contributed by atoms with van der Waals surface area (Å²) in [6, 6.07) is 79.4. The van der Waals surface area contributed by atoms with Gasteiger partial charge in [0.2, 0.25) is 0 Å². The fourth-order valence-corrected chi connectivity index (χ4v) is 11.8. The second-order valence-electron chi connectivity index (χ2n) is 15.9. The molecule has 1 heterocycles. The molecular formula is C57H35NS. The Hall–Kier alpha value is -7.26. The monoisotopic (exact) mass is 765 g/mol. The summed E-state index contributed by atoms with van der Waals surface area (Å²) in [7, 11) is 0. The largest absolute Gasteiger partial charge is 0.309 e. The van der Waals surface area contributed by atoms with Crippen LogP contribution in [-0.2, 0) is 5.41 Å². The highest BCUT2D eigenvalue weighted by Crippen LogP contribution is 2.65. The molecule has 59 heavy (non-hydrogen) atoms. The Labute approximate surface area is 346 Å². The highest BCUT2D eigenvalue weighted by atomic mass is 32.1. The van der Waals surface area contributed by atoms with Crippen LogP contribution in [0.2, 0.25) is 0 Å². The van der Waals surface area contributed by atoms with E-state index in [9.17, 15) is 0 Å². The third kappa shape index (κ3) is 4.50. The fraction of sp³-hybridized carbons (Fsp3) is 0.0175. The summed E-state index contributed by atoms with van der Waals surface area (Å²) in [5.74, 6) is 0. The molecule has 0 atom stereocenters. The molecule has 0 bridgehead atoms. The third-order valence-corrected chi connectivity index (χ3v) is 14.2. The quantitative estimate of drug-likeness (QED) is 0.172. The molecule has 0 saturated carbocycles. The minimum atomic E-state index is -0.505. The van der Waals surface area contributed by atoms with Gasteiger partial charge in [-0.1, -0.05) is 176 Å². The van der Waals surface area contributed by atoms with E-state index in [2.05, 4.69) is 217 Å². The van der Waals surface area contributed by atoms with Crippen LogP contribution in [0.1, 0.15) is 22.3 Å². The van der Waals surface area contributed by atoms with Gasteiger partial charge in [0.1, 0.15) is 0 Å². The predicted molar refractivity (Wildman–Crippen MR) is 251 cm³/mol. The van der Waals surface area contributed by atoms with Gasteiger partial charge in [0.15, 0.2) is 0 Å². The van der Waals surface area contributed by atoms with Crippen molar-refractivity contribution in [3.8, 4) is 33.4 Å². The van der Waals surface area contributed by atoms with E-state index in [1.807, 2.05) is 11.3 Å². The summed E-state index contributed by atoms with van der Waals surface area (Å²) in [4.78, 5) is 2.59. The summed E-state index contributed by atoms with van der Waals surface area (Å²) >= 11 is 1.90. The van der Waals surface area contributed by atoms with Gasteiger partial charge in [-0.15, -0.1) is 11.3 Å². The Morgan fingerprint density at radius 1 is 0.373 bits per heavy atom. The first kappa shape index (κ1) is 32.8. The average Bonchev–Trinajstić information content (AvgIpc) is 3.95. The van der Waals surface area contributed by atoms with Crippen molar-refractivity contribution in [3.63, 3.8) is 0 Å². The van der Waals surface area contributed by atoms with Gasteiger partial charge in [-0.2, -0.15) is 0 Å². The number of hydrogen-bond donors (Lipinski definition) is 0. The second kappa shape index (κ2) is 12.4. The second-order valence-corrected chi connectivity index (χ2v) is 17.0. The molecular weight excluding hydrogens is 731 g/mol. The third-order valence-electron chi connectivity index (χ3n) is 13.0. The first-order chi connectivity index (χ1) is 29.3. The molecule has 0 saturated heterocycles. The number of nitrogens with zero attached hydrogens (tertiary/aromatic N) is 1. The molecule has 0 radical (unpaired) electrons. The molecule has 0 fully saturated rings. The minimum absolute atomic E-state index is 0.505. The van der Waals surface area contributed by atoms with Crippen LogP contribution in [0, 0.1) is 0 Å². The number of benzene rings is 10. The average molecular weight is 766 g/mol. The molecule has 0 N–H and O–H groups in total. The first-order valence-corrected chi connectivity index (χ1v) is 21.2. The van der Waals surface area contributed by atoms with Crippen molar-refractivity contribution < 1.29 is 0 Å². The van der Waals surface area contributed by atoms with Gasteiger partial charge in [-0.3, -0.25) is 0 Å². The van der Waals surface area contributed by atoms with Crippen molar-refractivity contribution in [3.05, 3.63) is 235 Å².